The van der Waals surface area contributed by atoms with Crippen molar-refractivity contribution in [3.8, 4) is 11.5 Å². The van der Waals surface area contributed by atoms with Crippen molar-refractivity contribution in [2.24, 2.45) is 0 Å². The van der Waals surface area contributed by atoms with E-state index in [2.05, 4.69) is 20.0 Å². The number of aliphatic hydroxyl groups is 1. The lowest BCUT2D eigenvalue weighted by Crippen LogP contribution is -2.41. The number of nitrogens with one attached hydrogen (secondary N) is 1. The fourth-order valence-electron chi connectivity index (χ4n) is 3.68. The monoisotopic (exact) mass is 547 g/mol. The number of ether oxygens (including phenoxy) is 3. The Morgan fingerprint density at radius 1 is 1.03 bits per heavy atom. The lowest BCUT2D eigenvalue weighted by atomic mass is 9.91. The number of hydrogen-bond acceptors (Lipinski definition) is 7. The maximum atomic E-state index is 15.3. The number of methoxy groups -OCH3 is 1. The lowest BCUT2D eigenvalue weighted by Gasteiger charge is -2.30. The summed E-state index contributed by atoms with van der Waals surface area (Å²) in [5.74, 6) is -4.28. The van der Waals surface area contributed by atoms with Gasteiger partial charge in [-0.2, -0.15) is 8.78 Å². The SMILES string of the molecule is COc1cc2nc(C)nc(N[C@H](C)c3cccc(C(F)(F)C(C)(C)O)c3F)c2cc1OCCOC(F)(F)F. The smallest absolute Gasteiger partial charge is 0.493 e. The molecular formula is C25H27F6N3O4. The molecule has 0 spiro atoms. The van der Waals surface area contributed by atoms with Crippen LogP contribution in [-0.4, -0.2) is 47.4 Å². The van der Waals surface area contributed by atoms with Gasteiger partial charge in [-0.15, -0.1) is 13.2 Å². The number of alkyl halides is 5. The molecule has 0 aliphatic rings. The molecule has 2 aromatic carbocycles. The van der Waals surface area contributed by atoms with Crippen molar-refractivity contribution in [3.05, 3.63) is 53.1 Å². The third kappa shape index (κ3) is 6.38. The van der Waals surface area contributed by atoms with Crippen LogP contribution in [0.1, 0.15) is 43.8 Å². The van der Waals surface area contributed by atoms with Crippen molar-refractivity contribution in [2.75, 3.05) is 25.6 Å². The summed E-state index contributed by atoms with van der Waals surface area (Å²) < 4.78 is 95.9. The van der Waals surface area contributed by atoms with E-state index in [1.165, 1.54) is 38.3 Å². The Balaban J connectivity index is 1.97. The van der Waals surface area contributed by atoms with E-state index in [0.717, 1.165) is 19.9 Å². The summed E-state index contributed by atoms with van der Waals surface area (Å²) in [6.07, 6.45) is -4.81. The Morgan fingerprint density at radius 2 is 1.71 bits per heavy atom. The summed E-state index contributed by atoms with van der Waals surface area (Å²) in [6.45, 7) is 3.71. The van der Waals surface area contributed by atoms with Crippen molar-refractivity contribution < 1.29 is 45.7 Å². The number of hydrogen-bond donors (Lipinski definition) is 2. The minimum Gasteiger partial charge on any atom is -0.493 e. The van der Waals surface area contributed by atoms with Crippen LogP contribution in [0.2, 0.25) is 0 Å². The summed E-state index contributed by atoms with van der Waals surface area (Å²) in [5, 5.41) is 13.2. The van der Waals surface area contributed by atoms with Crippen molar-refractivity contribution in [1.82, 2.24) is 9.97 Å². The van der Waals surface area contributed by atoms with Gasteiger partial charge in [0.05, 0.1) is 30.8 Å². The van der Waals surface area contributed by atoms with Crippen LogP contribution >= 0.6 is 0 Å². The molecule has 0 amide bonds. The van der Waals surface area contributed by atoms with Crippen molar-refractivity contribution >= 4 is 16.7 Å². The van der Waals surface area contributed by atoms with Gasteiger partial charge in [-0.25, -0.2) is 14.4 Å². The molecule has 0 saturated carbocycles. The van der Waals surface area contributed by atoms with Crippen LogP contribution in [0.4, 0.5) is 32.2 Å². The van der Waals surface area contributed by atoms with Gasteiger partial charge < -0.3 is 19.9 Å². The number of benzene rings is 2. The summed E-state index contributed by atoms with van der Waals surface area (Å²) in [5.41, 5.74) is -3.19. The fraction of sp³-hybridized carbons (Fsp3) is 0.440. The third-order valence-electron chi connectivity index (χ3n) is 5.65. The Bertz CT molecular complexity index is 1290. The molecule has 2 N–H and O–H groups in total. The molecule has 7 nitrogen and oxygen atoms in total. The summed E-state index contributed by atoms with van der Waals surface area (Å²) in [6, 6.07) is 5.54. The third-order valence-corrected chi connectivity index (χ3v) is 5.65. The normalized spacial score (nSPS) is 13.5. The zero-order chi connectivity index (χ0) is 28.5. The number of fused-ring (bicyclic) bond motifs is 1. The molecule has 0 aliphatic carbocycles. The van der Waals surface area contributed by atoms with Crippen molar-refractivity contribution in [1.29, 1.82) is 0 Å². The molecular weight excluding hydrogens is 520 g/mol. The van der Waals surface area contributed by atoms with Crippen LogP contribution in [0.5, 0.6) is 11.5 Å². The minimum atomic E-state index is -4.81. The number of aromatic nitrogens is 2. The van der Waals surface area contributed by atoms with Crippen LogP contribution in [0, 0.1) is 12.7 Å². The Hall–Kier alpha value is -3.32. The largest absolute Gasteiger partial charge is 0.522 e. The molecule has 1 aromatic heterocycles. The highest BCUT2D eigenvalue weighted by Crippen LogP contribution is 2.42. The second-order valence-corrected chi connectivity index (χ2v) is 8.99. The van der Waals surface area contributed by atoms with Crippen LogP contribution < -0.4 is 14.8 Å². The van der Waals surface area contributed by atoms with Gasteiger partial charge in [0, 0.05) is 17.0 Å². The molecule has 38 heavy (non-hydrogen) atoms. The van der Waals surface area contributed by atoms with Crippen LogP contribution in [0.15, 0.2) is 30.3 Å². The second kappa shape index (κ2) is 10.8. The standard InChI is InChI=1S/C25H27F6N3O4/c1-13(15-7-6-8-17(21(15)26)24(27,28)23(3,4)35)32-22-16-11-20(37-9-10-38-25(29,30)31)19(36-5)12-18(16)33-14(2)34-22/h6-8,11-13,35H,9-10H2,1-5H3,(H,32,33,34)/t13-/m1/s1. The van der Waals surface area contributed by atoms with Gasteiger partial charge >= 0.3 is 12.3 Å². The molecule has 0 fully saturated rings. The molecule has 0 unspecified atom stereocenters. The van der Waals surface area contributed by atoms with E-state index in [-0.39, 0.29) is 22.9 Å². The van der Waals surface area contributed by atoms with E-state index in [4.69, 9.17) is 9.47 Å². The highest BCUT2D eigenvalue weighted by molar-refractivity contribution is 5.92. The first kappa shape index (κ1) is 29.2. The van der Waals surface area contributed by atoms with Gasteiger partial charge in [-0.3, -0.25) is 4.74 Å². The average molecular weight is 547 g/mol. The molecule has 0 bridgehead atoms. The van der Waals surface area contributed by atoms with Crippen molar-refractivity contribution in [3.63, 3.8) is 0 Å². The molecule has 1 heterocycles. The van der Waals surface area contributed by atoms with E-state index in [0.29, 0.717) is 16.7 Å². The zero-order valence-electron chi connectivity index (χ0n) is 21.2. The average Bonchev–Trinajstić information content (AvgIpc) is 2.80. The number of anilines is 1. The van der Waals surface area contributed by atoms with E-state index < -0.39 is 48.5 Å². The van der Waals surface area contributed by atoms with Crippen LogP contribution in [0.25, 0.3) is 10.9 Å². The van der Waals surface area contributed by atoms with Gasteiger partial charge in [0.1, 0.15) is 29.7 Å². The number of rotatable bonds is 10. The molecule has 0 aliphatic heterocycles. The molecule has 3 aromatic rings. The van der Waals surface area contributed by atoms with Gasteiger partial charge in [-0.05, 0) is 39.8 Å². The molecule has 13 heteroatoms. The predicted molar refractivity (Wildman–Crippen MR) is 127 cm³/mol. The van der Waals surface area contributed by atoms with Gasteiger partial charge in [-0.1, -0.05) is 12.1 Å². The van der Waals surface area contributed by atoms with Crippen LogP contribution in [0.3, 0.4) is 0 Å². The number of halogens is 6. The van der Waals surface area contributed by atoms with Gasteiger partial charge in [0.25, 0.3) is 0 Å². The summed E-state index contributed by atoms with van der Waals surface area (Å²) in [4.78, 5) is 8.65. The first-order valence-electron chi connectivity index (χ1n) is 11.4. The maximum absolute atomic E-state index is 15.3. The Kier molecular flexibility index (Phi) is 8.32. The molecule has 208 valence electrons. The first-order chi connectivity index (χ1) is 17.5. The van der Waals surface area contributed by atoms with Crippen molar-refractivity contribution in [2.45, 2.75) is 51.6 Å². The minimum absolute atomic E-state index is 0.0759. The Labute approximate surface area is 214 Å². The van der Waals surface area contributed by atoms with E-state index in [9.17, 15) is 27.1 Å². The highest BCUT2D eigenvalue weighted by Gasteiger charge is 2.49. The topological polar surface area (TPSA) is 85.7 Å². The summed E-state index contributed by atoms with van der Waals surface area (Å²) >= 11 is 0. The lowest BCUT2D eigenvalue weighted by molar-refractivity contribution is -0.325. The maximum Gasteiger partial charge on any atom is 0.522 e. The predicted octanol–water partition coefficient (Wildman–Crippen LogP) is 6.04. The molecule has 3 rings (SSSR count). The zero-order valence-corrected chi connectivity index (χ0v) is 21.2. The number of nitrogens with zero attached hydrogens (tertiary/aromatic N) is 2. The number of aryl methyl sites for hydroxylation is 1. The van der Waals surface area contributed by atoms with E-state index in [1.807, 2.05) is 0 Å². The van der Waals surface area contributed by atoms with E-state index in [1.54, 1.807) is 6.92 Å². The Morgan fingerprint density at radius 3 is 2.32 bits per heavy atom. The highest BCUT2D eigenvalue weighted by atomic mass is 19.4. The van der Waals surface area contributed by atoms with Gasteiger partial charge in [0.15, 0.2) is 11.5 Å². The molecule has 1 atom stereocenters. The summed E-state index contributed by atoms with van der Waals surface area (Å²) in [7, 11) is 1.34. The fourth-order valence-corrected chi connectivity index (χ4v) is 3.68. The first-order valence-corrected chi connectivity index (χ1v) is 11.4. The van der Waals surface area contributed by atoms with E-state index >= 15 is 4.39 Å². The molecule has 0 radical (unpaired) electrons. The quantitative estimate of drug-likeness (QED) is 0.237. The molecule has 0 saturated heterocycles. The van der Waals surface area contributed by atoms with Gasteiger partial charge in [0.2, 0.25) is 0 Å². The second-order valence-electron chi connectivity index (χ2n) is 8.99. The van der Waals surface area contributed by atoms with Crippen LogP contribution in [-0.2, 0) is 10.7 Å².